The van der Waals surface area contributed by atoms with E-state index in [9.17, 15) is 4.79 Å². The van der Waals surface area contributed by atoms with Crippen LogP contribution in [0, 0.1) is 5.92 Å². The van der Waals surface area contributed by atoms with Gasteiger partial charge in [-0.05, 0) is 44.6 Å². The van der Waals surface area contributed by atoms with E-state index in [4.69, 9.17) is 4.74 Å². The molecule has 0 aromatic rings. The molecule has 110 valence electrons. The average molecular weight is 268 g/mol. The molecule has 2 fully saturated rings. The normalized spacial score (nSPS) is 28.5. The Balaban J connectivity index is 1.92. The van der Waals surface area contributed by atoms with Crippen molar-refractivity contribution in [2.75, 3.05) is 33.4 Å². The van der Waals surface area contributed by atoms with Gasteiger partial charge in [-0.25, -0.2) is 0 Å². The third-order valence-corrected chi connectivity index (χ3v) is 4.55. The van der Waals surface area contributed by atoms with Crippen LogP contribution in [0.2, 0.25) is 0 Å². The maximum absolute atomic E-state index is 12.8. The molecule has 0 radical (unpaired) electrons. The first-order valence-electron chi connectivity index (χ1n) is 7.76. The summed E-state index contributed by atoms with van der Waals surface area (Å²) in [6, 6.07) is 0. The minimum absolute atomic E-state index is 0.269. The molecular weight excluding hydrogens is 240 g/mol. The van der Waals surface area contributed by atoms with Gasteiger partial charge in [0.15, 0.2) is 0 Å². The van der Waals surface area contributed by atoms with E-state index in [0.717, 1.165) is 64.8 Å². The second kappa shape index (κ2) is 6.71. The number of nitrogens with one attached hydrogen (secondary N) is 1. The predicted molar refractivity (Wildman–Crippen MR) is 76.1 cm³/mol. The lowest BCUT2D eigenvalue weighted by Crippen LogP contribution is -2.54. The van der Waals surface area contributed by atoms with Crippen molar-refractivity contribution in [1.29, 1.82) is 0 Å². The third-order valence-electron chi connectivity index (χ3n) is 4.55. The third kappa shape index (κ3) is 3.48. The molecule has 19 heavy (non-hydrogen) atoms. The van der Waals surface area contributed by atoms with Gasteiger partial charge in [-0.1, -0.05) is 13.3 Å². The Kier molecular flexibility index (Phi) is 5.22. The van der Waals surface area contributed by atoms with Crippen molar-refractivity contribution in [3.8, 4) is 0 Å². The lowest BCUT2D eigenvalue weighted by atomic mass is 9.89. The highest BCUT2D eigenvalue weighted by Crippen LogP contribution is 2.27. The summed E-state index contributed by atoms with van der Waals surface area (Å²) in [4.78, 5) is 14.7. The molecular formula is C15H28N2O2. The summed E-state index contributed by atoms with van der Waals surface area (Å²) < 4.78 is 5.38. The molecule has 0 bridgehead atoms. The fourth-order valence-electron chi connectivity index (χ4n) is 3.50. The number of hydrogen-bond acceptors (Lipinski definition) is 3. The second-order valence-electron chi connectivity index (χ2n) is 6.10. The molecule has 2 heterocycles. The zero-order valence-electron chi connectivity index (χ0n) is 12.4. The molecule has 1 unspecified atom stereocenters. The summed E-state index contributed by atoms with van der Waals surface area (Å²) in [5.41, 5.74) is -0.269. The van der Waals surface area contributed by atoms with E-state index in [1.54, 1.807) is 0 Å². The van der Waals surface area contributed by atoms with Crippen LogP contribution in [0.5, 0.6) is 0 Å². The van der Waals surface area contributed by atoms with E-state index in [-0.39, 0.29) is 5.54 Å². The molecule has 0 spiro atoms. The van der Waals surface area contributed by atoms with Gasteiger partial charge >= 0.3 is 0 Å². The van der Waals surface area contributed by atoms with Gasteiger partial charge in [-0.3, -0.25) is 4.79 Å². The molecule has 4 heteroatoms. The van der Waals surface area contributed by atoms with Crippen LogP contribution in [-0.4, -0.2) is 49.7 Å². The molecule has 4 nitrogen and oxygen atoms in total. The zero-order chi connectivity index (χ0) is 13.7. The van der Waals surface area contributed by atoms with Gasteiger partial charge in [-0.2, -0.15) is 0 Å². The lowest BCUT2D eigenvalue weighted by molar-refractivity contribution is -0.137. The van der Waals surface area contributed by atoms with E-state index in [2.05, 4.69) is 12.2 Å². The number of ether oxygens (including phenoxy) is 1. The van der Waals surface area contributed by atoms with Crippen LogP contribution in [0.3, 0.4) is 0 Å². The van der Waals surface area contributed by atoms with Crippen LogP contribution in [0.1, 0.15) is 45.4 Å². The Bertz CT molecular complexity index is 295. The second-order valence-corrected chi connectivity index (χ2v) is 6.10. The molecule has 0 saturated carbocycles. The van der Waals surface area contributed by atoms with Gasteiger partial charge in [-0.15, -0.1) is 0 Å². The Morgan fingerprint density at radius 2 is 2.16 bits per heavy atom. The quantitative estimate of drug-likeness (QED) is 0.826. The van der Waals surface area contributed by atoms with E-state index in [1.807, 2.05) is 11.9 Å². The molecule has 0 aromatic heterocycles. The van der Waals surface area contributed by atoms with Crippen molar-refractivity contribution >= 4 is 5.91 Å². The highest BCUT2D eigenvalue weighted by atomic mass is 16.5. The first-order chi connectivity index (χ1) is 9.18. The Morgan fingerprint density at radius 3 is 2.74 bits per heavy atom. The minimum Gasteiger partial charge on any atom is -0.381 e. The Labute approximate surface area is 116 Å². The van der Waals surface area contributed by atoms with Crippen molar-refractivity contribution in [2.24, 2.45) is 5.92 Å². The van der Waals surface area contributed by atoms with Crippen molar-refractivity contribution < 1.29 is 9.53 Å². The smallest absolute Gasteiger partial charge is 0.242 e. The minimum atomic E-state index is -0.269. The number of rotatable bonds is 5. The van der Waals surface area contributed by atoms with E-state index in [0.29, 0.717) is 11.8 Å². The standard InChI is InChI=1S/C15H28N2O2/c1-3-7-15(8-4-9-16-15)14(18)17(2)12-13-5-10-19-11-6-13/h13,16H,3-12H2,1-2H3. The molecule has 1 amide bonds. The van der Waals surface area contributed by atoms with Gasteiger partial charge in [0.1, 0.15) is 0 Å². The SMILES string of the molecule is CCCC1(C(=O)N(C)CC2CCOCC2)CCCN1. The summed E-state index contributed by atoms with van der Waals surface area (Å²) in [6.45, 7) is 5.73. The fourth-order valence-corrected chi connectivity index (χ4v) is 3.50. The van der Waals surface area contributed by atoms with Crippen LogP contribution in [0.25, 0.3) is 0 Å². The van der Waals surface area contributed by atoms with Gasteiger partial charge in [0.2, 0.25) is 5.91 Å². The topological polar surface area (TPSA) is 41.6 Å². The van der Waals surface area contributed by atoms with E-state index < -0.39 is 0 Å². The van der Waals surface area contributed by atoms with Crippen LogP contribution in [0.15, 0.2) is 0 Å². The number of carbonyl (C=O) groups excluding carboxylic acids is 1. The first-order valence-corrected chi connectivity index (χ1v) is 7.76. The van der Waals surface area contributed by atoms with Crippen molar-refractivity contribution in [1.82, 2.24) is 10.2 Å². The van der Waals surface area contributed by atoms with E-state index >= 15 is 0 Å². The molecule has 1 N–H and O–H groups in total. The molecule has 1 atom stereocenters. The molecule has 0 aromatic carbocycles. The fraction of sp³-hybridized carbons (Fsp3) is 0.933. The monoisotopic (exact) mass is 268 g/mol. The number of carbonyl (C=O) groups is 1. The summed E-state index contributed by atoms with van der Waals surface area (Å²) in [7, 11) is 1.97. The van der Waals surface area contributed by atoms with Gasteiger partial charge in [0.25, 0.3) is 0 Å². The Hall–Kier alpha value is -0.610. The van der Waals surface area contributed by atoms with Crippen LogP contribution >= 0.6 is 0 Å². The summed E-state index contributed by atoms with van der Waals surface area (Å²) >= 11 is 0. The summed E-state index contributed by atoms with van der Waals surface area (Å²) in [5, 5.41) is 3.47. The molecule has 2 aliphatic rings. The lowest BCUT2D eigenvalue weighted by Gasteiger charge is -2.35. The highest BCUT2D eigenvalue weighted by Gasteiger charge is 2.41. The number of likely N-dealkylation sites (N-methyl/N-ethyl adjacent to an activating group) is 1. The van der Waals surface area contributed by atoms with Gasteiger partial charge in [0.05, 0.1) is 5.54 Å². The van der Waals surface area contributed by atoms with Crippen LogP contribution < -0.4 is 5.32 Å². The maximum atomic E-state index is 12.8. The maximum Gasteiger partial charge on any atom is 0.242 e. The molecule has 2 aliphatic heterocycles. The summed E-state index contributed by atoms with van der Waals surface area (Å²) in [6.07, 6.45) is 6.32. The van der Waals surface area contributed by atoms with Crippen LogP contribution in [0.4, 0.5) is 0 Å². The Morgan fingerprint density at radius 1 is 1.42 bits per heavy atom. The van der Waals surface area contributed by atoms with Gasteiger partial charge in [0, 0.05) is 26.8 Å². The van der Waals surface area contributed by atoms with Crippen molar-refractivity contribution in [3.05, 3.63) is 0 Å². The average Bonchev–Trinajstić information content (AvgIpc) is 2.89. The number of nitrogens with zero attached hydrogens (tertiary/aromatic N) is 1. The van der Waals surface area contributed by atoms with Crippen LogP contribution in [-0.2, 0) is 9.53 Å². The molecule has 2 rings (SSSR count). The first kappa shape index (κ1) is 14.8. The zero-order valence-corrected chi connectivity index (χ0v) is 12.4. The molecule has 2 saturated heterocycles. The van der Waals surface area contributed by atoms with Gasteiger partial charge < -0.3 is 15.0 Å². The highest BCUT2D eigenvalue weighted by molar-refractivity contribution is 5.86. The van der Waals surface area contributed by atoms with Crippen molar-refractivity contribution in [2.45, 2.75) is 51.0 Å². The summed E-state index contributed by atoms with van der Waals surface area (Å²) in [5.74, 6) is 0.918. The molecule has 0 aliphatic carbocycles. The number of amides is 1. The largest absolute Gasteiger partial charge is 0.381 e. The predicted octanol–water partition coefficient (Wildman–Crippen LogP) is 1.79. The van der Waals surface area contributed by atoms with Crippen molar-refractivity contribution in [3.63, 3.8) is 0 Å². The number of hydrogen-bond donors (Lipinski definition) is 1. The van der Waals surface area contributed by atoms with E-state index in [1.165, 1.54) is 0 Å².